The number of pyridine rings is 1. The van der Waals surface area contributed by atoms with Crippen molar-refractivity contribution in [3.8, 4) is 0 Å². The number of carbonyl (C=O) groups excluding carboxylic acids is 2. The number of nitrogens with zero attached hydrogens (tertiary/aromatic N) is 1. The molecule has 0 saturated heterocycles. The predicted octanol–water partition coefficient (Wildman–Crippen LogP) is 4.02. The molecule has 1 amide bonds. The van der Waals surface area contributed by atoms with Gasteiger partial charge in [-0.2, -0.15) is 0 Å². The summed E-state index contributed by atoms with van der Waals surface area (Å²) in [4.78, 5) is 37.1. The molecule has 0 saturated carbocycles. The van der Waals surface area contributed by atoms with Crippen molar-refractivity contribution >= 4 is 40.1 Å². The van der Waals surface area contributed by atoms with Gasteiger partial charge in [-0.25, -0.2) is 4.79 Å². The lowest BCUT2D eigenvalue weighted by Crippen LogP contribution is -2.24. The summed E-state index contributed by atoms with van der Waals surface area (Å²) in [6, 6.07) is 9.53. The number of hydrogen-bond acceptors (Lipinski definition) is 4. The molecule has 0 fully saturated rings. The maximum Gasteiger partial charge on any atom is 0.337 e. The molecule has 6 nitrogen and oxygen atoms in total. The smallest absolute Gasteiger partial charge is 0.337 e. The molecule has 144 valence electrons. The van der Waals surface area contributed by atoms with Gasteiger partial charge >= 0.3 is 5.97 Å². The lowest BCUT2D eigenvalue weighted by molar-refractivity contribution is 0.0600. The van der Waals surface area contributed by atoms with Crippen molar-refractivity contribution in [1.29, 1.82) is 0 Å². The van der Waals surface area contributed by atoms with Crippen molar-refractivity contribution in [1.82, 2.24) is 4.57 Å². The zero-order valence-corrected chi connectivity index (χ0v) is 16.5. The van der Waals surface area contributed by atoms with E-state index in [1.165, 1.54) is 19.2 Å². The summed E-state index contributed by atoms with van der Waals surface area (Å²) in [6.45, 7) is 4.35. The highest BCUT2D eigenvalue weighted by Gasteiger charge is 2.17. The SMILES string of the molecule is CCn1cc(C(=O)Nc2ccc(C(=O)OC)cc2)c(=O)c2ccc(Cl)c(C)c21. The van der Waals surface area contributed by atoms with E-state index in [4.69, 9.17) is 11.6 Å². The number of anilines is 1. The summed E-state index contributed by atoms with van der Waals surface area (Å²) >= 11 is 6.20. The Morgan fingerprint density at radius 1 is 1.14 bits per heavy atom. The van der Waals surface area contributed by atoms with Crippen LogP contribution in [0.4, 0.5) is 5.69 Å². The first kappa shape index (κ1) is 19.6. The maximum absolute atomic E-state index is 12.9. The summed E-state index contributed by atoms with van der Waals surface area (Å²) in [7, 11) is 1.30. The molecule has 0 aliphatic heterocycles. The number of rotatable bonds is 4. The largest absolute Gasteiger partial charge is 0.465 e. The van der Waals surface area contributed by atoms with Crippen LogP contribution in [0.25, 0.3) is 10.9 Å². The van der Waals surface area contributed by atoms with E-state index in [9.17, 15) is 14.4 Å². The predicted molar refractivity (Wildman–Crippen MR) is 109 cm³/mol. The average Bonchev–Trinajstić information content (AvgIpc) is 2.70. The molecule has 3 aromatic rings. The van der Waals surface area contributed by atoms with Gasteiger partial charge in [0, 0.05) is 28.8 Å². The van der Waals surface area contributed by atoms with E-state index in [0.717, 1.165) is 11.1 Å². The van der Waals surface area contributed by atoms with E-state index in [-0.39, 0.29) is 11.0 Å². The third kappa shape index (κ3) is 3.51. The number of esters is 1. The molecular weight excluding hydrogens is 380 g/mol. The monoisotopic (exact) mass is 398 g/mol. The maximum atomic E-state index is 12.9. The van der Waals surface area contributed by atoms with Gasteiger partial charge in [-0.15, -0.1) is 0 Å². The first-order chi connectivity index (χ1) is 13.4. The Balaban J connectivity index is 2.00. The first-order valence-corrected chi connectivity index (χ1v) is 9.07. The lowest BCUT2D eigenvalue weighted by Gasteiger charge is -2.14. The highest BCUT2D eigenvalue weighted by Crippen LogP contribution is 2.24. The summed E-state index contributed by atoms with van der Waals surface area (Å²) < 4.78 is 6.49. The Bertz CT molecular complexity index is 1130. The minimum atomic E-state index is -0.521. The number of fused-ring (bicyclic) bond motifs is 1. The molecule has 7 heteroatoms. The van der Waals surface area contributed by atoms with Crippen LogP contribution in [0.3, 0.4) is 0 Å². The van der Waals surface area contributed by atoms with E-state index in [1.54, 1.807) is 30.5 Å². The third-order valence-corrected chi connectivity index (χ3v) is 4.98. The van der Waals surface area contributed by atoms with Crippen LogP contribution in [0.15, 0.2) is 47.4 Å². The molecule has 0 spiro atoms. The molecule has 0 aliphatic carbocycles. The van der Waals surface area contributed by atoms with Crippen molar-refractivity contribution in [2.45, 2.75) is 20.4 Å². The lowest BCUT2D eigenvalue weighted by atomic mass is 10.1. The Morgan fingerprint density at radius 3 is 2.43 bits per heavy atom. The third-order valence-electron chi connectivity index (χ3n) is 4.58. The van der Waals surface area contributed by atoms with Gasteiger partial charge in [-0.1, -0.05) is 11.6 Å². The van der Waals surface area contributed by atoms with E-state index in [0.29, 0.717) is 28.2 Å². The van der Waals surface area contributed by atoms with Crippen LogP contribution in [0, 0.1) is 6.92 Å². The summed E-state index contributed by atoms with van der Waals surface area (Å²) in [5.74, 6) is -0.986. The Kier molecular flexibility index (Phi) is 5.51. The molecule has 0 atom stereocenters. The normalized spacial score (nSPS) is 10.7. The quantitative estimate of drug-likeness (QED) is 0.673. The van der Waals surface area contributed by atoms with Gasteiger partial charge in [-0.05, 0) is 55.8 Å². The Labute approximate surface area is 166 Å². The second-order valence-electron chi connectivity index (χ2n) is 6.25. The number of amides is 1. The first-order valence-electron chi connectivity index (χ1n) is 8.69. The molecule has 0 unspecified atom stereocenters. The van der Waals surface area contributed by atoms with Crippen LogP contribution in [0.5, 0.6) is 0 Å². The van der Waals surface area contributed by atoms with E-state index in [1.807, 2.05) is 18.4 Å². The van der Waals surface area contributed by atoms with Crippen LogP contribution in [0.1, 0.15) is 33.2 Å². The highest BCUT2D eigenvalue weighted by molar-refractivity contribution is 6.32. The topological polar surface area (TPSA) is 77.4 Å². The van der Waals surface area contributed by atoms with Gasteiger partial charge < -0.3 is 14.6 Å². The van der Waals surface area contributed by atoms with Crippen LogP contribution < -0.4 is 10.7 Å². The number of aryl methyl sites for hydroxylation is 2. The molecule has 28 heavy (non-hydrogen) atoms. The Morgan fingerprint density at radius 2 is 1.82 bits per heavy atom. The zero-order chi connectivity index (χ0) is 20.4. The fourth-order valence-corrected chi connectivity index (χ4v) is 3.22. The average molecular weight is 399 g/mol. The van der Waals surface area contributed by atoms with E-state index in [2.05, 4.69) is 10.1 Å². The van der Waals surface area contributed by atoms with Gasteiger partial charge in [0.1, 0.15) is 5.56 Å². The molecular formula is C21H19ClN2O4. The number of carbonyl (C=O) groups is 2. The van der Waals surface area contributed by atoms with E-state index < -0.39 is 11.9 Å². The van der Waals surface area contributed by atoms with Gasteiger partial charge in [-0.3, -0.25) is 9.59 Å². The molecule has 1 heterocycles. The van der Waals surface area contributed by atoms with Gasteiger partial charge in [0.15, 0.2) is 0 Å². The van der Waals surface area contributed by atoms with Gasteiger partial charge in [0.25, 0.3) is 5.91 Å². The summed E-state index contributed by atoms with van der Waals surface area (Å²) in [6.07, 6.45) is 1.55. The number of aromatic nitrogens is 1. The summed E-state index contributed by atoms with van der Waals surface area (Å²) in [5, 5.41) is 3.70. The van der Waals surface area contributed by atoms with Gasteiger partial charge in [0.05, 0.1) is 18.2 Å². The minimum Gasteiger partial charge on any atom is -0.465 e. The second-order valence-corrected chi connectivity index (χ2v) is 6.66. The number of benzene rings is 2. The molecule has 1 aromatic heterocycles. The van der Waals surface area contributed by atoms with E-state index >= 15 is 0 Å². The molecule has 0 radical (unpaired) electrons. The zero-order valence-electron chi connectivity index (χ0n) is 15.7. The highest BCUT2D eigenvalue weighted by atomic mass is 35.5. The second kappa shape index (κ2) is 7.86. The van der Waals surface area contributed by atoms with Crippen LogP contribution in [-0.2, 0) is 11.3 Å². The van der Waals surface area contributed by atoms with Crippen molar-refractivity contribution in [3.05, 3.63) is 74.5 Å². The Hall–Kier alpha value is -3.12. The van der Waals surface area contributed by atoms with Crippen LogP contribution in [-0.4, -0.2) is 23.6 Å². The van der Waals surface area contributed by atoms with Crippen LogP contribution >= 0.6 is 11.6 Å². The van der Waals surface area contributed by atoms with Crippen molar-refractivity contribution in [3.63, 3.8) is 0 Å². The van der Waals surface area contributed by atoms with Crippen molar-refractivity contribution in [2.24, 2.45) is 0 Å². The number of ether oxygens (including phenoxy) is 1. The molecule has 0 bridgehead atoms. The number of halogens is 1. The molecule has 2 aromatic carbocycles. The summed E-state index contributed by atoms with van der Waals surface area (Å²) in [5.41, 5.74) is 2.03. The molecule has 1 N–H and O–H groups in total. The number of methoxy groups -OCH3 is 1. The molecule has 3 rings (SSSR count). The van der Waals surface area contributed by atoms with Crippen molar-refractivity contribution in [2.75, 3.05) is 12.4 Å². The van der Waals surface area contributed by atoms with Crippen molar-refractivity contribution < 1.29 is 14.3 Å². The fourth-order valence-electron chi connectivity index (χ4n) is 3.07. The number of hydrogen-bond donors (Lipinski definition) is 1. The van der Waals surface area contributed by atoms with Crippen LogP contribution in [0.2, 0.25) is 5.02 Å². The standard InChI is InChI=1S/C21H19ClN2O4/c1-4-24-11-16(19(25)15-9-10-17(22)12(2)18(15)24)20(26)23-14-7-5-13(6-8-14)21(27)28-3/h5-11H,4H2,1-3H3,(H,23,26). The van der Waals surface area contributed by atoms with Gasteiger partial charge in [0.2, 0.25) is 5.43 Å². The minimum absolute atomic E-state index is 0.0353. The fraction of sp³-hybridized carbons (Fsp3) is 0.190. The molecule has 0 aliphatic rings. The number of nitrogens with one attached hydrogen (secondary N) is 1.